The Hall–Kier alpha value is -1.75. The van der Waals surface area contributed by atoms with Gasteiger partial charge in [-0.05, 0) is 23.6 Å². The predicted octanol–water partition coefficient (Wildman–Crippen LogP) is 1.90. The van der Waals surface area contributed by atoms with E-state index in [4.69, 9.17) is 14.6 Å². The number of nitrogens with one attached hydrogen (secondary N) is 1. The molecule has 0 spiro atoms. The minimum atomic E-state index is -0.843. The van der Waals surface area contributed by atoms with Gasteiger partial charge in [-0.3, -0.25) is 4.79 Å². The van der Waals surface area contributed by atoms with E-state index in [1.165, 1.54) is 0 Å². The molecule has 0 bridgehead atoms. The smallest absolute Gasteiger partial charge is 0.320 e. The van der Waals surface area contributed by atoms with Gasteiger partial charge in [0, 0.05) is 12.6 Å². The summed E-state index contributed by atoms with van der Waals surface area (Å²) >= 11 is 0. The molecule has 0 amide bonds. The molecule has 106 valence electrons. The van der Waals surface area contributed by atoms with Crippen LogP contribution in [-0.2, 0) is 11.3 Å². The van der Waals surface area contributed by atoms with Crippen molar-refractivity contribution in [2.75, 3.05) is 14.2 Å². The van der Waals surface area contributed by atoms with E-state index in [0.717, 1.165) is 5.56 Å². The molecule has 0 unspecified atom stereocenters. The average Bonchev–Trinajstić information content (AvgIpc) is 2.37. The first kappa shape index (κ1) is 15.3. The lowest BCUT2D eigenvalue weighted by atomic mass is 10.0. The van der Waals surface area contributed by atoms with E-state index >= 15 is 0 Å². The first-order valence-electron chi connectivity index (χ1n) is 6.16. The lowest BCUT2D eigenvalue weighted by molar-refractivity contribution is -0.140. The summed E-state index contributed by atoms with van der Waals surface area (Å²) in [4.78, 5) is 11.1. The van der Waals surface area contributed by atoms with Crippen molar-refractivity contribution in [1.29, 1.82) is 0 Å². The fourth-order valence-corrected chi connectivity index (χ4v) is 1.80. The maximum Gasteiger partial charge on any atom is 0.320 e. The van der Waals surface area contributed by atoms with Crippen LogP contribution in [0.5, 0.6) is 11.5 Å². The number of hydrogen-bond donors (Lipinski definition) is 2. The standard InChI is InChI=1S/C14H21NO4/c1-9(2)13(14(16)17)15-8-10-5-11(18-3)7-12(6-10)19-4/h5-7,9,13,15H,8H2,1-4H3,(H,16,17)/t13-/m1/s1. The normalized spacial score (nSPS) is 12.3. The topological polar surface area (TPSA) is 67.8 Å². The van der Waals surface area contributed by atoms with E-state index in [1.54, 1.807) is 20.3 Å². The molecule has 2 N–H and O–H groups in total. The summed E-state index contributed by atoms with van der Waals surface area (Å²) in [6.45, 7) is 4.19. The largest absolute Gasteiger partial charge is 0.497 e. The van der Waals surface area contributed by atoms with Crippen molar-refractivity contribution >= 4 is 5.97 Å². The van der Waals surface area contributed by atoms with Crippen LogP contribution in [0.4, 0.5) is 0 Å². The maximum absolute atomic E-state index is 11.1. The molecule has 5 heteroatoms. The Balaban J connectivity index is 2.78. The number of hydrogen-bond acceptors (Lipinski definition) is 4. The molecular weight excluding hydrogens is 246 g/mol. The number of carboxylic acids is 1. The van der Waals surface area contributed by atoms with Crippen LogP contribution < -0.4 is 14.8 Å². The van der Waals surface area contributed by atoms with Crippen LogP contribution in [0.3, 0.4) is 0 Å². The van der Waals surface area contributed by atoms with Crippen LogP contribution in [0.25, 0.3) is 0 Å². The first-order valence-corrected chi connectivity index (χ1v) is 6.16. The van der Waals surface area contributed by atoms with E-state index in [2.05, 4.69) is 5.32 Å². The zero-order valence-electron chi connectivity index (χ0n) is 11.8. The molecule has 0 aliphatic rings. The van der Waals surface area contributed by atoms with Gasteiger partial charge in [0.15, 0.2) is 0 Å². The molecule has 5 nitrogen and oxygen atoms in total. The monoisotopic (exact) mass is 267 g/mol. The zero-order chi connectivity index (χ0) is 14.4. The SMILES string of the molecule is COc1cc(CN[C@@H](C(=O)O)C(C)C)cc(OC)c1. The van der Waals surface area contributed by atoms with Crippen LogP contribution in [0.2, 0.25) is 0 Å². The van der Waals surface area contributed by atoms with E-state index in [-0.39, 0.29) is 5.92 Å². The third-order valence-electron chi connectivity index (χ3n) is 2.87. The van der Waals surface area contributed by atoms with Gasteiger partial charge in [-0.1, -0.05) is 13.8 Å². The van der Waals surface area contributed by atoms with Crippen LogP contribution in [0, 0.1) is 5.92 Å². The summed E-state index contributed by atoms with van der Waals surface area (Å²) in [7, 11) is 3.17. The van der Waals surface area contributed by atoms with Gasteiger partial charge in [-0.15, -0.1) is 0 Å². The molecule has 0 fully saturated rings. The molecular formula is C14H21NO4. The molecule has 0 aliphatic carbocycles. The van der Waals surface area contributed by atoms with Gasteiger partial charge in [0.05, 0.1) is 14.2 Å². The highest BCUT2D eigenvalue weighted by Crippen LogP contribution is 2.22. The Kier molecular flexibility index (Phi) is 5.63. The first-order chi connectivity index (χ1) is 8.97. The summed E-state index contributed by atoms with van der Waals surface area (Å²) in [5.41, 5.74) is 0.920. The molecule has 1 atom stereocenters. The summed E-state index contributed by atoms with van der Waals surface area (Å²) in [5.74, 6) is 0.551. The van der Waals surface area contributed by atoms with Gasteiger partial charge < -0.3 is 19.9 Å². The number of methoxy groups -OCH3 is 2. The fourth-order valence-electron chi connectivity index (χ4n) is 1.80. The Labute approximate surface area is 113 Å². The van der Waals surface area contributed by atoms with Crippen molar-refractivity contribution < 1.29 is 19.4 Å². The number of carbonyl (C=O) groups is 1. The number of ether oxygens (including phenoxy) is 2. The van der Waals surface area contributed by atoms with Crippen LogP contribution >= 0.6 is 0 Å². The van der Waals surface area contributed by atoms with Gasteiger partial charge in [-0.25, -0.2) is 0 Å². The van der Waals surface area contributed by atoms with E-state index in [1.807, 2.05) is 26.0 Å². The van der Waals surface area contributed by atoms with E-state index in [0.29, 0.717) is 18.0 Å². The Morgan fingerprint density at radius 1 is 1.21 bits per heavy atom. The highest BCUT2D eigenvalue weighted by atomic mass is 16.5. The fraction of sp³-hybridized carbons (Fsp3) is 0.500. The van der Waals surface area contributed by atoms with Crippen molar-refractivity contribution in [2.45, 2.75) is 26.4 Å². The van der Waals surface area contributed by atoms with Gasteiger partial charge in [0.25, 0.3) is 0 Å². The Bertz CT molecular complexity index is 409. The second kappa shape index (κ2) is 6.99. The maximum atomic E-state index is 11.1. The highest BCUT2D eigenvalue weighted by Gasteiger charge is 2.20. The average molecular weight is 267 g/mol. The molecule has 0 aromatic heterocycles. The minimum absolute atomic E-state index is 0.0185. The molecule has 0 saturated carbocycles. The molecule has 19 heavy (non-hydrogen) atoms. The van der Waals surface area contributed by atoms with E-state index in [9.17, 15) is 4.79 Å². The van der Waals surface area contributed by atoms with Crippen LogP contribution in [0.15, 0.2) is 18.2 Å². The van der Waals surface area contributed by atoms with Gasteiger partial charge in [-0.2, -0.15) is 0 Å². The molecule has 1 aromatic carbocycles. The molecule has 1 rings (SSSR count). The summed E-state index contributed by atoms with van der Waals surface area (Å²) in [6, 6.07) is 4.92. The van der Waals surface area contributed by atoms with E-state index < -0.39 is 12.0 Å². The van der Waals surface area contributed by atoms with Gasteiger partial charge >= 0.3 is 5.97 Å². The predicted molar refractivity (Wildman–Crippen MR) is 72.6 cm³/mol. The Morgan fingerprint density at radius 3 is 2.11 bits per heavy atom. The summed E-state index contributed by atoms with van der Waals surface area (Å²) < 4.78 is 10.3. The molecule has 0 aliphatic heterocycles. The van der Waals surface area contributed by atoms with Crippen LogP contribution in [0.1, 0.15) is 19.4 Å². The Morgan fingerprint density at radius 2 is 1.74 bits per heavy atom. The van der Waals surface area contributed by atoms with Gasteiger partial charge in [0.2, 0.25) is 0 Å². The second-order valence-electron chi connectivity index (χ2n) is 4.66. The second-order valence-corrected chi connectivity index (χ2v) is 4.66. The molecule has 0 saturated heterocycles. The summed E-state index contributed by atoms with van der Waals surface area (Å²) in [5, 5.41) is 12.1. The van der Waals surface area contributed by atoms with Crippen molar-refractivity contribution in [3.8, 4) is 11.5 Å². The molecule has 0 radical (unpaired) electrons. The van der Waals surface area contributed by atoms with Gasteiger partial charge in [0.1, 0.15) is 17.5 Å². The summed E-state index contributed by atoms with van der Waals surface area (Å²) in [6.07, 6.45) is 0. The third-order valence-corrected chi connectivity index (χ3v) is 2.87. The number of benzene rings is 1. The number of carboxylic acid groups (broad SMARTS) is 1. The van der Waals surface area contributed by atoms with Crippen molar-refractivity contribution in [2.24, 2.45) is 5.92 Å². The lowest BCUT2D eigenvalue weighted by Gasteiger charge is -2.18. The lowest BCUT2D eigenvalue weighted by Crippen LogP contribution is -2.40. The quantitative estimate of drug-likeness (QED) is 0.789. The van der Waals surface area contributed by atoms with Crippen LogP contribution in [-0.4, -0.2) is 31.3 Å². The third kappa shape index (κ3) is 4.44. The highest BCUT2D eigenvalue weighted by molar-refractivity contribution is 5.73. The molecule has 0 heterocycles. The van der Waals surface area contributed by atoms with Crippen molar-refractivity contribution in [3.05, 3.63) is 23.8 Å². The van der Waals surface area contributed by atoms with Crippen molar-refractivity contribution in [3.63, 3.8) is 0 Å². The number of aliphatic carboxylic acids is 1. The number of rotatable bonds is 7. The molecule has 1 aromatic rings. The van der Waals surface area contributed by atoms with Crippen molar-refractivity contribution in [1.82, 2.24) is 5.32 Å². The zero-order valence-corrected chi connectivity index (χ0v) is 11.8. The minimum Gasteiger partial charge on any atom is -0.497 e.